The predicted octanol–water partition coefficient (Wildman–Crippen LogP) is 3.20. The Kier molecular flexibility index (Phi) is 5.32. The first-order chi connectivity index (χ1) is 7.65. The summed E-state index contributed by atoms with van der Waals surface area (Å²) in [6.07, 6.45) is 1.19. The fraction of sp³-hybridized carbons (Fsp3) is 0.417. The number of alkyl halides is 1. The van der Waals surface area contributed by atoms with E-state index in [2.05, 4.69) is 28.2 Å². The number of halogens is 1. The van der Waals surface area contributed by atoms with Crippen molar-refractivity contribution in [3.05, 3.63) is 24.3 Å². The summed E-state index contributed by atoms with van der Waals surface area (Å²) in [4.78, 5) is 11.1. The molecule has 0 saturated heterocycles. The molecule has 0 aliphatic rings. The van der Waals surface area contributed by atoms with E-state index in [9.17, 15) is 4.79 Å². The van der Waals surface area contributed by atoms with Gasteiger partial charge in [0.1, 0.15) is 5.75 Å². The van der Waals surface area contributed by atoms with Crippen LogP contribution in [0.15, 0.2) is 24.3 Å². The van der Waals surface area contributed by atoms with Crippen LogP contribution in [-0.2, 0) is 4.79 Å². The van der Waals surface area contributed by atoms with Crippen molar-refractivity contribution in [2.45, 2.75) is 26.4 Å². The van der Waals surface area contributed by atoms with Gasteiger partial charge in [0.25, 0.3) is 0 Å². The lowest BCUT2D eigenvalue weighted by molar-refractivity contribution is -0.113. The number of carbonyl (C=O) groups is 1. The van der Waals surface area contributed by atoms with Gasteiger partial charge in [-0.15, -0.1) is 0 Å². The summed E-state index contributed by atoms with van der Waals surface area (Å²) in [5.74, 6) is 0.766. The van der Waals surface area contributed by atoms with E-state index in [1.165, 1.54) is 0 Å². The molecule has 0 aromatic heterocycles. The zero-order valence-corrected chi connectivity index (χ0v) is 11.1. The van der Waals surface area contributed by atoms with E-state index in [0.29, 0.717) is 5.33 Å². The molecule has 0 heterocycles. The molecule has 0 fully saturated rings. The van der Waals surface area contributed by atoms with E-state index < -0.39 is 0 Å². The van der Waals surface area contributed by atoms with Crippen molar-refractivity contribution in [2.75, 3.05) is 10.6 Å². The Morgan fingerprint density at radius 3 is 2.56 bits per heavy atom. The van der Waals surface area contributed by atoms with Crippen molar-refractivity contribution in [1.29, 1.82) is 0 Å². The highest BCUT2D eigenvalue weighted by molar-refractivity contribution is 9.09. The second-order valence-corrected chi connectivity index (χ2v) is 4.10. The normalized spacial score (nSPS) is 11.9. The number of nitrogens with one attached hydrogen (secondary N) is 1. The summed E-state index contributed by atoms with van der Waals surface area (Å²) in [7, 11) is 0. The Morgan fingerprint density at radius 1 is 1.44 bits per heavy atom. The van der Waals surface area contributed by atoms with Crippen LogP contribution in [0.25, 0.3) is 0 Å². The van der Waals surface area contributed by atoms with Crippen LogP contribution in [0.1, 0.15) is 20.3 Å². The molecule has 1 aromatic rings. The summed E-state index contributed by atoms with van der Waals surface area (Å²) < 4.78 is 5.63. The zero-order chi connectivity index (χ0) is 12.0. The summed E-state index contributed by atoms with van der Waals surface area (Å²) >= 11 is 3.09. The van der Waals surface area contributed by atoms with Gasteiger partial charge >= 0.3 is 0 Å². The zero-order valence-electron chi connectivity index (χ0n) is 9.50. The van der Waals surface area contributed by atoms with Gasteiger partial charge in [0, 0.05) is 5.69 Å². The topological polar surface area (TPSA) is 38.3 Å². The fourth-order valence-corrected chi connectivity index (χ4v) is 1.27. The van der Waals surface area contributed by atoms with Gasteiger partial charge in [-0.25, -0.2) is 0 Å². The van der Waals surface area contributed by atoms with Crippen LogP contribution in [0.5, 0.6) is 5.75 Å². The smallest absolute Gasteiger partial charge is 0.235 e. The van der Waals surface area contributed by atoms with Crippen molar-refractivity contribution in [2.24, 2.45) is 0 Å². The maximum absolute atomic E-state index is 11.1. The molecule has 0 spiro atoms. The molecule has 3 nitrogen and oxygen atoms in total. The van der Waals surface area contributed by atoms with Gasteiger partial charge in [-0.05, 0) is 37.6 Å². The van der Waals surface area contributed by atoms with Crippen molar-refractivity contribution in [3.63, 3.8) is 0 Å². The second-order valence-electron chi connectivity index (χ2n) is 3.54. The van der Waals surface area contributed by atoms with Crippen LogP contribution in [-0.4, -0.2) is 17.3 Å². The molecule has 4 heteroatoms. The molecule has 0 aliphatic heterocycles. The van der Waals surface area contributed by atoms with Crippen LogP contribution < -0.4 is 10.1 Å². The Hall–Kier alpha value is -1.03. The lowest BCUT2D eigenvalue weighted by atomic mass is 10.3. The van der Waals surface area contributed by atoms with E-state index in [1.54, 1.807) is 0 Å². The molecule has 1 N–H and O–H groups in total. The van der Waals surface area contributed by atoms with E-state index in [0.717, 1.165) is 17.9 Å². The highest BCUT2D eigenvalue weighted by atomic mass is 79.9. The monoisotopic (exact) mass is 285 g/mol. The largest absolute Gasteiger partial charge is 0.491 e. The van der Waals surface area contributed by atoms with E-state index in [-0.39, 0.29) is 12.0 Å². The van der Waals surface area contributed by atoms with Crippen LogP contribution in [0.3, 0.4) is 0 Å². The SMILES string of the molecule is CC[C@H](C)Oc1ccc(NC(=O)CBr)cc1. The Bertz CT molecular complexity index is 337. The first-order valence-electron chi connectivity index (χ1n) is 5.28. The number of amides is 1. The second kappa shape index (κ2) is 6.53. The Labute approximate surface area is 104 Å². The van der Waals surface area contributed by atoms with Crippen LogP contribution in [0.2, 0.25) is 0 Å². The average Bonchev–Trinajstić information content (AvgIpc) is 2.31. The molecule has 0 unspecified atom stereocenters. The van der Waals surface area contributed by atoms with Gasteiger partial charge in [-0.2, -0.15) is 0 Å². The lowest BCUT2D eigenvalue weighted by Crippen LogP contribution is -2.12. The quantitative estimate of drug-likeness (QED) is 0.844. The summed E-state index contributed by atoms with van der Waals surface area (Å²) in [5.41, 5.74) is 0.779. The van der Waals surface area contributed by atoms with Crippen LogP contribution in [0, 0.1) is 0 Å². The minimum atomic E-state index is -0.0596. The summed E-state index contributed by atoms with van der Waals surface area (Å²) in [5, 5.41) is 3.05. The fourth-order valence-electron chi connectivity index (χ4n) is 1.13. The molecule has 0 bridgehead atoms. The first kappa shape index (κ1) is 13.0. The molecule has 1 atom stereocenters. The van der Waals surface area contributed by atoms with Gasteiger partial charge < -0.3 is 10.1 Å². The molecular formula is C12H16BrNO2. The third-order valence-corrected chi connectivity index (χ3v) is 2.68. The van der Waals surface area contributed by atoms with Crippen molar-refractivity contribution in [3.8, 4) is 5.75 Å². The molecule has 0 aliphatic carbocycles. The van der Waals surface area contributed by atoms with Gasteiger partial charge in [-0.3, -0.25) is 4.79 Å². The molecule has 1 aromatic carbocycles. The van der Waals surface area contributed by atoms with Crippen molar-refractivity contribution < 1.29 is 9.53 Å². The predicted molar refractivity (Wildman–Crippen MR) is 69.2 cm³/mol. The third-order valence-electron chi connectivity index (χ3n) is 2.17. The van der Waals surface area contributed by atoms with E-state index in [1.807, 2.05) is 31.2 Å². The number of hydrogen-bond acceptors (Lipinski definition) is 2. The standard InChI is InChI=1S/C12H16BrNO2/c1-3-9(2)16-11-6-4-10(5-7-11)14-12(15)8-13/h4-7,9H,3,8H2,1-2H3,(H,14,15)/t9-/m0/s1. The van der Waals surface area contributed by atoms with Crippen LogP contribution >= 0.6 is 15.9 Å². The van der Waals surface area contributed by atoms with Crippen molar-refractivity contribution in [1.82, 2.24) is 0 Å². The van der Waals surface area contributed by atoms with E-state index >= 15 is 0 Å². The average molecular weight is 286 g/mol. The molecular weight excluding hydrogens is 270 g/mol. The third kappa shape index (κ3) is 4.23. The minimum Gasteiger partial charge on any atom is -0.491 e. The number of hydrogen-bond donors (Lipinski definition) is 1. The summed E-state index contributed by atoms with van der Waals surface area (Å²) in [6, 6.07) is 7.38. The van der Waals surface area contributed by atoms with E-state index in [4.69, 9.17) is 4.74 Å². The number of carbonyl (C=O) groups excluding carboxylic acids is 1. The molecule has 0 radical (unpaired) electrons. The molecule has 1 rings (SSSR count). The molecule has 0 saturated carbocycles. The molecule has 16 heavy (non-hydrogen) atoms. The van der Waals surface area contributed by atoms with Gasteiger partial charge in [0.2, 0.25) is 5.91 Å². The Morgan fingerprint density at radius 2 is 2.06 bits per heavy atom. The minimum absolute atomic E-state index is 0.0596. The van der Waals surface area contributed by atoms with Gasteiger partial charge in [0.15, 0.2) is 0 Å². The van der Waals surface area contributed by atoms with Gasteiger partial charge in [-0.1, -0.05) is 22.9 Å². The maximum Gasteiger partial charge on any atom is 0.235 e. The highest BCUT2D eigenvalue weighted by Gasteiger charge is 2.02. The van der Waals surface area contributed by atoms with Crippen LogP contribution in [0.4, 0.5) is 5.69 Å². The number of rotatable bonds is 5. The molecule has 88 valence electrons. The van der Waals surface area contributed by atoms with Crippen molar-refractivity contribution >= 4 is 27.5 Å². The summed E-state index contributed by atoms with van der Waals surface area (Å²) in [6.45, 7) is 4.11. The Balaban J connectivity index is 2.57. The first-order valence-corrected chi connectivity index (χ1v) is 6.40. The lowest BCUT2D eigenvalue weighted by Gasteiger charge is -2.12. The highest BCUT2D eigenvalue weighted by Crippen LogP contribution is 2.17. The maximum atomic E-state index is 11.1. The number of ether oxygens (including phenoxy) is 1. The number of benzene rings is 1. The van der Waals surface area contributed by atoms with Gasteiger partial charge in [0.05, 0.1) is 11.4 Å². The molecule has 1 amide bonds. The number of anilines is 1.